The Kier molecular flexibility index (Phi) is 6.53. The predicted molar refractivity (Wildman–Crippen MR) is 141 cm³/mol. The van der Waals surface area contributed by atoms with Crippen molar-refractivity contribution in [1.29, 1.82) is 0 Å². The zero-order valence-corrected chi connectivity index (χ0v) is 21.5. The third-order valence-electron chi connectivity index (χ3n) is 6.90. The molecule has 0 aliphatic carbocycles. The van der Waals surface area contributed by atoms with Crippen molar-refractivity contribution in [2.45, 2.75) is 19.8 Å². The molecule has 6 aromatic rings. The summed E-state index contributed by atoms with van der Waals surface area (Å²) in [5.41, 5.74) is 6.61. The van der Waals surface area contributed by atoms with Crippen LogP contribution in [-0.4, -0.2) is 10.9 Å². The van der Waals surface area contributed by atoms with Crippen LogP contribution in [0.3, 0.4) is 0 Å². The van der Waals surface area contributed by atoms with Crippen molar-refractivity contribution in [1.82, 2.24) is 4.57 Å². The van der Waals surface area contributed by atoms with Crippen molar-refractivity contribution < 1.29 is 34.9 Å². The number of pyridine rings is 1. The normalized spacial score (nSPS) is 11.7. The number of rotatable bonds is 4. The average molecular weight is 533 g/mol. The molecular weight excluding hydrogens is 509 g/mol. The highest BCUT2D eigenvalue weighted by atomic mass is 35.5. The largest absolute Gasteiger partial charge is 1.00 e. The maximum absolute atomic E-state index is 12.5. The number of aryl methyl sites for hydroxylation is 2. The molecule has 0 amide bonds. The third kappa shape index (κ3) is 4.79. The fraction of sp³-hybridized carbons (Fsp3) is 0.129. The van der Waals surface area contributed by atoms with Gasteiger partial charge in [-0.25, -0.2) is 4.57 Å². The number of hydrogen-bond acceptors (Lipinski definition) is 1. The molecule has 0 fully saturated rings. The lowest BCUT2D eigenvalue weighted by molar-refractivity contribution is -0.643. The summed E-state index contributed by atoms with van der Waals surface area (Å²) in [4.78, 5) is 0. The van der Waals surface area contributed by atoms with Crippen molar-refractivity contribution in [3.63, 3.8) is 0 Å². The summed E-state index contributed by atoms with van der Waals surface area (Å²) in [5, 5.41) is 4.80. The number of aromatic nitrogens is 2. The standard InChI is InChI=1S/C31H24F3N2O.ClH/c1-20-4-3-5-25-19-35(2)28-13-10-23(16-27(28)30(20)25)24-9-8-22-14-15-36(29(22)17-24)18-21-6-11-26(12-7-21)37-31(32,33)34;/h3-17,19H,18H2,1-2H3;1H/q+1;/p-1. The molecule has 7 heteroatoms. The van der Waals surface area contributed by atoms with E-state index < -0.39 is 6.36 Å². The first-order chi connectivity index (χ1) is 17.7. The van der Waals surface area contributed by atoms with Crippen molar-refractivity contribution in [2.75, 3.05) is 0 Å². The topological polar surface area (TPSA) is 18.0 Å². The number of hydrogen-bond donors (Lipinski definition) is 0. The molecule has 0 bridgehead atoms. The molecule has 0 N–H and O–H groups in total. The zero-order valence-electron chi connectivity index (χ0n) is 20.8. The quantitative estimate of drug-likeness (QED) is 0.238. The molecule has 0 saturated carbocycles. The molecule has 38 heavy (non-hydrogen) atoms. The molecular formula is C31H24ClF3N2O. The van der Waals surface area contributed by atoms with Crippen LogP contribution in [0.25, 0.3) is 43.7 Å². The number of halogens is 4. The van der Waals surface area contributed by atoms with Crippen molar-refractivity contribution in [3.8, 4) is 16.9 Å². The van der Waals surface area contributed by atoms with Gasteiger partial charge in [-0.1, -0.05) is 36.4 Å². The van der Waals surface area contributed by atoms with Gasteiger partial charge in [0.1, 0.15) is 12.8 Å². The molecule has 2 heterocycles. The van der Waals surface area contributed by atoms with E-state index in [1.165, 1.54) is 39.4 Å². The average Bonchev–Trinajstić information content (AvgIpc) is 3.26. The molecule has 0 saturated heterocycles. The molecule has 192 valence electrons. The summed E-state index contributed by atoms with van der Waals surface area (Å²) < 4.78 is 45.7. The minimum atomic E-state index is -4.69. The van der Waals surface area contributed by atoms with E-state index in [2.05, 4.69) is 94.7 Å². The summed E-state index contributed by atoms with van der Waals surface area (Å²) in [7, 11) is 2.07. The lowest BCUT2D eigenvalue weighted by Gasteiger charge is -2.11. The fourth-order valence-corrected chi connectivity index (χ4v) is 5.16. The predicted octanol–water partition coefficient (Wildman–Crippen LogP) is 4.70. The van der Waals surface area contributed by atoms with E-state index in [1.54, 1.807) is 12.1 Å². The highest BCUT2D eigenvalue weighted by Gasteiger charge is 2.30. The highest BCUT2D eigenvalue weighted by molar-refractivity contribution is 6.07. The Balaban J connectivity index is 0.00000294. The van der Waals surface area contributed by atoms with E-state index in [9.17, 15) is 13.2 Å². The molecule has 6 rings (SSSR count). The van der Waals surface area contributed by atoms with E-state index in [4.69, 9.17) is 0 Å². The van der Waals surface area contributed by atoms with Crippen molar-refractivity contribution in [3.05, 3.63) is 108 Å². The second kappa shape index (κ2) is 9.69. The minimum Gasteiger partial charge on any atom is -1.00 e. The van der Waals surface area contributed by atoms with Crippen molar-refractivity contribution >= 4 is 32.6 Å². The number of ether oxygens (including phenoxy) is 1. The number of alkyl halides is 3. The summed E-state index contributed by atoms with van der Waals surface area (Å²) in [5.74, 6) is -0.219. The van der Waals surface area contributed by atoms with Crippen LogP contribution in [0.4, 0.5) is 13.2 Å². The van der Waals surface area contributed by atoms with Gasteiger partial charge in [-0.2, -0.15) is 0 Å². The van der Waals surface area contributed by atoms with Crippen LogP contribution >= 0.6 is 0 Å². The van der Waals surface area contributed by atoms with Gasteiger partial charge in [0, 0.05) is 35.1 Å². The molecule has 4 aromatic carbocycles. The van der Waals surface area contributed by atoms with Gasteiger partial charge in [-0.3, -0.25) is 0 Å². The molecule has 0 atom stereocenters. The van der Waals surface area contributed by atoms with E-state index in [0.29, 0.717) is 6.54 Å². The van der Waals surface area contributed by atoms with Gasteiger partial charge in [-0.15, -0.1) is 13.2 Å². The van der Waals surface area contributed by atoms with Gasteiger partial charge < -0.3 is 21.7 Å². The van der Waals surface area contributed by atoms with Crippen molar-refractivity contribution in [2.24, 2.45) is 7.05 Å². The molecule has 2 aromatic heterocycles. The number of benzene rings is 4. The van der Waals surface area contributed by atoms with E-state index in [-0.39, 0.29) is 18.2 Å². The Labute approximate surface area is 224 Å². The zero-order chi connectivity index (χ0) is 25.7. The van der Waals surface area contributed by atoms with Crippen LogP contribution in [0.5, 0.6) is 5.75 Å². The van der Waals surface area contributed by atoms with Crippen LogP contribution in [0.1, 0.15) is 11.1 Å². The lowest BCUT2D eigenvalue weighted by Crippen LogP contribution is -3.00. The first-order valence-electron chi connectivity index (χ1n) is 12.0. The summed E-state index contributed by atoms with van der Waals surface area (Å²) >= 11 is 0. The van der Waals surface area contributed by atoms with Gasteiger partial charge in [0.25, 0.3) is 0 Å². The van der Waals surface area contributed by atoms with E-state index in [0.717, 1.165) is 27.6 Å². The van der Waals surface area contributed by atoms with Gasteiger partial charge >= 0.3 is 6.36 Å². The number of nitrogens with zero attached hydrogens (tertiary/aromatic N) is 2. The summed E-state index contributed by atoms with van der Waals surface area (Å²) in [6, 6.07) is 27.5. The van der Waals surface area contributed by atoms with E-state index in [1.807, 2.05) is 6.20 Å². The Morgan fingerprint density at radius 1 is 0.842 bits per heavy atom. The monoisotopic (exact) mass is 532 g/mol. The smallest absolute Gasteiger partial charge is 0.573 e. The first kappa shape index (κ1) is 25.6. The van der Waals surface area contributed by atoms with Crippen LogP contribution < -0.4 is 21.7 Å². The molecule has 3 nitrogen and oxygen atoms in total. The van der Waals surface area contributed by atoms with Crippen LogP contribution in [0.2, 0.25) is 0 Å². The Morgan fingerprint density at radius 3 is 2.34 bits per heavy atom. The molecule has 0 unspecified atom stereocenters. The molecule has 0 spiro atoms. The molecule has 0 aliphatic rings. The Hall–Kier alpha value is -4.03. The van der Waals surface area contributed by atoms with Gasteiger partial charge in [0.05, 0.1) is 5.39 Å². The summed E-state index contributed by atoms with van der Waals surface area (Å²) in [6.07, 6.45) is -0.517. The highest BCUT2D eigenvalue weighted by Crippen LogP contribution is 2.32. The first-order valence-corrected chi connectivity index (χ1v) is 12.0. The van der Waals surface area contributed by atoms with Gasteiger partial charge in [0.15, 0.2) is 6.20 Å². The summed E-state index contributed by atoms with van der Waals surface area (Å²) in [6.45, 7) is 2.69. The van der Waals surface area contributed by atoms with Crippen LogP contribution in [-0.2, 0) is 13.6 Å². The van der Waals surface area contributed by atoms with Crippen LogP contribution in [0, 0.1) is 6.92 Å². The second-order valence-corrected chi connectivity index (χ2v) is 9.42. The maximum Gasteiger partial charge on any atom is 0.573 e. The Bertz CT molecular complexity index is 1790. The lowest BCUT2D eigenvalue weighted by atomic mass is 9.97. The van der Waals surface area contributed by atoms with E-state index >= 15 is 0 Å². The van der Waals surface area contributed by atoms with Gasteiger partial charge in [0.2, 0.25) is 5.52 Å². The van der Waals surface area contributed by atoms with Gasteiger partial charge in [-0.05, 0) is 77.0 Å². The molecule has 0 aliphatic heterocycles. The Morgan fingerprint density at radius 2 is 1.58 bits per heavy atom. The van der Waals surface area contributed by atoms with Crippen LogP contribution in [0.15, 0.2) is 97.3 Å². The SMILES string of the molecule is Cc1cccc2c[n+](C)c3ccc(-c4ccc5ccn(Cc6ccc(OC(F)(F)F)cc6)c5c4)cc3c12.[Cl-]. The maximum atomic E-state index is 12.5. The second-order valence-electron chi connectivity index (χ2n) is 9.42. The third-order valence-corrected chi connectivity index (χ3v) is 6.90. The molecule has 0 radical (unpaired) electrons. The minimum absolute atomic E-state index is 0. The number of fused-ring (bicyclic) bond motifs is 4. The fourth-order valence-electron chi connectivity index (χ4n) is 5.16.